The molecule has 1 atom stereocenters. The van der Waals surface area contributed by atoms with Gasteiger partial charge in [0.05, 0.1) is 19.9 Å². The molecular formula is C26H31N5O5S. The third-order valence-corrected chi connectivity index (χ3v) is 6.52. The van der Waals surface area contributed by atoms with E-state index in [2.05, 4.69) is 23.5 Å². The summed E-state index contributed by atoms with van der Waals surface area (Å²) in [4.78, 5) is 40.8. The molecule has 0 saturated carbocycles. The molecule has 1 aromatic heterocycles. The highest BCUT2D eigenvalue weighted by Gasteiger charge is 2.36. The summed E-state index contributed by atoms with van der Waals surface area (Å²) >= 11 is 0.748. The van der Waals surface area contributed by atoms with Crippen LogP contribution in [0, 0.1) is 5.92 Å². The van der Waals surface area contributed by atoms with Crippen molar-refractivity contribution in [2.24, 2.45) is 11.7 Å². The SMILES string of the molecule is COc1ccc(C(C(=O)NCCC(C)C)N(C(=O)c2snc(C(N)=O)c2N)c2cccc(OC)c2)cc1. The first-order valence-electron chi connectivity index (χ1n) is 11.6. The molecule has 3 aromatic rings. The van der Waals surface area contributed by atoms with Gasteiger partial charge in [-0.05, 0) is 53.7 Å². The second kappa shape index (κ2) is 12.2. The van der Waals surface area contributed by atoms with Crippen LogP contribution in [0.1, 0.15) is 52.0 Å². The number of carbonyl (C=O) groups excluding carboxylic acids is 3. The maximum Gasteiger partial charge on any atom is 0.273 e. The Morgan fingerprint density at radius 2 is 1.73 bits per heavy atom. The molecule has 37 heavy (non-hydrogen) atoms. The summed E-state index contributed by atoms with van der Waals surface area (Å²) in [7, 11) is 3.05. The van der Waals surface area contributed by atoms with Crippen LogP contribution in [0.15, 0.2) is 48.5 Å². The summed E-state index contributed by atoms with van der Waals surface area (Å²) in [5, 5.41) is 2.95. The Labute approximate surface area is 219 Å². The lowest BCUT2D eigenvalue weighted by atomic mass is 10.0. The van der Waals surface area contributed by atoms with E-state index in [0.29, 0.717) is 35.2 Å². The number of methoxy groups -OCH3 is 2. The van der Waals surface area contributed by atoms with Crippen molar-refractivity contribution in [3.63, 3.8) is 0 Å². The topological polar surface area (TPSA) is 150 Å². The molecule has 1 heterocycles. The number of amides is 3. The summed E-state index contributed by atoms with van der Waals surface area (Å²) in [5.74, 6) is -0.395. The fourth-order valence-corrected chi connectivity index (χ4v) is 4.41. The van der Waals surface area contributed by atoms with Gasteiger partial charge < -0.3 is 26.3 Å². The first kappa shape index (κ1) is 27.5. The molecule has 3 rings (SSSR count). The molecule has 0 bridgehead atoms. The smallest absolute Gasteiger partial charge is 0.273 e. The minimum Gasteiger partial charge on any atom is -0.497 e. The van der Waals surface area contributed by atoms with Crippen LogP contribution in [0.4, 0.5) is 11.4 Å². The molecule has 1 unspecified atom stereocenters. The summed E-state index contributed by atoms with van der Waals surface area (Å²) in [6, 6.07) is 12.5. The number of hydrogen-bond acceptors (Lipinski definition) is 8. The van der Waals surface area contributed by atoms with Gasteiger partial charge in [-0.15, -0.1) is 0 Å². The van der Waals surface area contributed by atoms with Crippen LogP contribution >= 0.6 is 11.5 Å². The van der Waals surface area contributed by atoms with E-state index >= 15 is 0 Å². The summed E-state index contributed by atoms with van der Waals surface area (Å²) in [6.45, 7) is 4.54. The van der Waals surface area contributed by atoms with E-state index < -0.39 is 17.9 Å². The maximum atomic E-state index is 14.0. The number of ether oxygens (including phenoxy) is 2. The van der Waals surface area contributed by atoms with Crippen LogP contribution in [0.5, 0.6) is 11.5 Å². The van der Waals surface area contributed by atoms with Crippen LogP contribution < -0.4 is 31.2 Å². The lowest BCUT2D eigenvalue weighted by Gasteiger charge is -2.31. The number of anilines is 2. The van der Waals surface area contributed by atoms with Gasteiger partial charge in [0.1, 0.15) is 22.4 Å². The van der Waals surface area contributed by atoms with Gasteiger partial charge in [-0.25, -0.2) is 0 Å². The molecular weight excluding hydrogens is 494 g/mol. The van der Waals surface area contributed by atoms with Gasteiger partial charge >= 0.3 is 0 Å². The molecule has 196 valence electrons. The highest BCUT2D eigenvalue weighted by Crippen LogP contribution is 2.35. The van der Waals surface area contributed by atoms with Crippen LogP contribution in [0.2, 0.25) is 0 Å². The third-order valence-electron chi connectivity index (χ3n) is 5.66. The highest BCUT2D eigenvalue weighted by atomic mass is 32.1. The molecule has 0 aliphatic carbocycles. The van der Waals surface area contributed by atoms with Gasteiger partial charge in [0.25, 0.3) is 11.8 Å². The Hall–Kier alpha value is -4.12. The quantitative estimate of drug-likeness (QED) is 0.347. The molecule has 0 fully saturated rings. The van der Waals surface area contributed by atoms with Crippen LogP contribution in [0.3, 0.4) is 0 Å². The Morgan fingerprint density at radius 3 is 2.30 bits per heavy atom. The lowest BCUT2D eigenvalue weighted by Crippen LogP contribution is -2.44. The normalized spacial score (nSPS) is 11.6. The van der Waals surface area contributed by atoms with Crippen molar-refractivity contribution < 1.29 is 23.9 Å². The average Bonchev–Trinajstić information content (AvgIpc) is 3.28. The van der Waals surface area contributed by atoms with Crippen LogP contribution in [0.25, 0.3) is 0 Å². The molecule has 11 heteroatoms. The lowest BCUT2D eigenvalue weighted by molar-refractivity contribution is -0.122. The number of nitrogen functional groups attached to an aromatic ring is 1. The number of hydrogen-bond donors (Lipinski definition) is 3. The summed E-state index contributed by atoms with van der Waals surface area (Å²) in [5.41, 5.74) is 12.1. The Morgan fingerprint density at radius 1 is 1.05 bits per heavy atom. The largest absolute Gasteiger partial charge is 0.497 e. The van der Waals surface area contributed by atoms with E-state index in [1.54, 1.807) is 55.6 Å². The second-order valence-electron chi connectivity index (χ2n) is 8.66. The zero-order valence-electron chi connectivity index (χ0n) is 21.2. The molecule has 5 N–H and O–H groups in total. The van der Waals surface area contributed by atoms with E-state index in [4.69, 9.17) is 20.9 Å². The number of primary amides is 1. The number of nitrogens with two attached hydrogens (primary N) is 2. The van der Waals surface area contributed by atoms with Crippen molar-refractivity contribution in [1.82, 2.24) is 9.69 Å². The van der Waals surface area contributed by atoms with Gasteiger partial charge in [-0.3, -0.25) is 19.3 Å². The Balaban J connectivity index is 2.18. The molecule has 2 aromatic carbocycles. The standard InChI is InChI=1S/C26H31N5O5S/c1-15(2)12-13-29-25(33)22(16-8-10-18(35-3)11-9-16)31(17-6-5-7-19(14-17)36-4)26(34)23-20(27)21(24(28)32)30-37-23/h5-11,14-15,22H,12-13,27H2,1-4H3,(H2,28,32)(H,29,33). The van der Waals surface area contributed by atoms with Crippen molar-refractivity contribution in [3.05, 3.63) is 64.7 Å². The number of benzene rings is 2. The predicted octanol–water partition coefficient (Wildman–Crippen LogP) is 3.39. The monoisotopic (exact) mass is 525 g/mol. The Kier molecular flexibility index (Phi) is 9.07. The first-order valence-corrected chi connectivity index (χ1v) is 12.4. The minimum absolute atomic E-state index is 0.00916. The van der Waals surface area contributed by atoms with E-state index in [0.717, 1.165) is 18.0 Å². The van der Waals surface area contributed by atoms with Crippen molar-refractivity contribution in [2.45, 2.75) is 26.3 Å². The van der Waals surface area contributed by atoms with Crippen molar-refractivity contribution in [2.75, 3.05) is 31.4 Å². The summed E-state index contributed by atoms with van der Waals surface area (Å²) < 4.78 is 14.6. The second-order valence-corrected chi connectivity index (χ2v) is 9.44. The highest BCUT2D eigenvalue weighted by molar-refractivity contribution is 7.09. The van der Waals surface area contributed by atoms with E-state index in [-0.39, 0.29) is 22.2 Å². The molecule has 0 radical (unpaired) electrons. The van der Waals surface area contributed by atoms with Gasteiger partial charge in [0.15, 0.2) is 5.69 Å². The molecule has 3 amide bonds. The van der Waals surface area contributed by atoms with Crippen molar-refractivity contribution in [3.8, 4) is 11.5 Å². The number of nitrogens with one attached hydrogen (secondary N) is 1. The molecule has 0 spiro atoms. The fourth-order valence-electron chi connectivity index (χ4n) is 3.67. The van der Waals surface area contributed by atoms with E-state index in [9.17, 15) is 14.4 Å². The molecule has 10 nitrogen and oxygen atoms in total. The average molecular weight is 526 g/mol. The van der Waals surface area contributed by atoms with E-state index in [1.165, 1.54) is 12.0 Å². The van der Waals surface area contributed by atoms with Crippen molar-refractivity contribution >= 4 is 40.6 Å². The number of carbonyl (C=O) groups is 3. The zero-order valence-corrected chi connectivity index (χ0v) is 22.0. The number of nitrogens with zero attached hydrogens (tertiary/aromatic N) is 2. The number of rotatable bonds is 11. The molecule has 0 aliphatic heterocycles. The summed E-state index contributed by atoms with van der Waals surface area (Å²) in [6.07, 6.45) is 0.762. The minimum atomic E-state index is -1.09. The molecule has 0 saturated heterocycles. The predicted molar refractivity (Wildman–Crippen MR) is 143 cm³/mol. The fraction of sp³-hybridized carbons (Fsp3) is 0.308. The van der Waals surface area contributed by atoms with Crippen LogP contribution in [-0.2, 0) is 4.79 Å². The third kappa shape index (κ3) is 6.36. The van der Waals surface area contributed by atoms with E-state index in [1.807, 2.05) is 0 Å². The van der Waals surface area contributed by atoms with Gasteiger partial charge in [-0.2, -0.15) is 4.37 Å². The van der Waals surface area contributed by atoms with Crippen LogP contribution in [-0.4, -0.2) is 42.9 Å². The first-order chi connectivity index (χ1) is 17.7. The molecule has 0 aliphatic rings. The van der Waals surface area contributed by atoms with Gasteiger partial charge in [0, 0.05) is 18.3 Å². The number of aromatic nitrogens is 1. The van der Waals surface area contributed by atoms with Gasteiger partial charge in [0.2, 0.25) is 5.91 Å². The van der Waals surface area contributed by atoms with Crippen molar-refractivity contribution in [1.29, 1.82) is 0 Å². The van der Waals surface area contributed by atoms with Gasteiger partial charge in [-0.1, -0.05) is 32.0 Å². The maximum absolute atomic E-state index is 14.0. The zero-order chi connectivity index (χ0) is 27.1. The Bertz CT molecular complexity index is 1260.